The second-order valence-electron chi connectivity index (χ2n) is 3.56. The Balaban J connectivity index is 3.76. The quantitative estimate of drug-likeness (QED) is 0.554. The van der Waals surface area contributed by atoms with Gasteiger partial charge < -0.3 is 16.6 Å². The first-order valence-corrected chi connectivity index (χ1v) is 4.16. The Labute approximate surface area is 72.9 Å². The largest absolute Gasteiger partial charge is 0.481 e. The molecule has 0 spiro atoms. The van der Waals surface area contributed by atoms with Crippen LogP contribution in [0.1, 0.15) is 26.7 Å². The van der Waals surface area contributed by atoms with Crippen molar-refractivity contribution in [1.82, 2.24) is 0 Å². The molecule has 4 heteroatoms. The summed E-state index contributed by atoms with van der Waals surface area (Å²) in [6, 6.07) is -0.633. The van der Waals surface area contributed by atoms with Crippen LogP contribution < -0.4 is 11.5 Å². The molecule has 0 radical (unpaired) electrons. The van der Waals surface area contributed by atoms with E-state index in [9.17, 15) is 4.79 Å². The molecule has 0 amide bonds. The van der Waals surface area contributed by atoms with Crippen molar-refractivity contribution in [2.75, 3.05) is 0 Å². The van der Waals surface area contributed by atoms with Gasteiger partial charge in [0.1, 0.15) is 0 Å². The van der Waals surface area contributed by atoms with Crippen LogP contribution in [0.2, 0.25) is 0 Å². The Hall–Kier alpha value is -0.610. The minimum absolute atomic E-state index is 0.0477. The lowest BCUT2D eigenvalue weighted by atomic mass is 9.97. The van der Waals surface area contributed by atoms with E-state index in [-0.39, 0.29) is 12.5 Å². The number of aliphatic carboxylic acids is 1. The van der Waals surface area contributed by atoms with Crippen molar-refractivity contribution >= 4 is 5.97 Å². The molecule has 0 heterocycles. The van der Waals surface area contributed by atoms with Gasteiger partial charge in [-0.25, -0.2) is 0 Å². The summed E-state index contributed by atoms with van der Waals surface area (Å²) in [5, 5.41) is 8.43. The summed E-state index contributed by atoms with van der Waals surface area (Å²) in [5.74, 6) is -0.429. The number of nitrogens with two attached hydrogens (primary N) is 2. The molecule has 4 nitrogen and oxygen atoms in total. The second-order valence-corrected chi connectivity index (χ2v) is 3.56. The van der Waals surface area contributed by atoms with E-state index in [4.69, 9.17) is 16.6 Å². The predicted octanol–water partition coefficient (Wildman–Crippen LogP) is 0.162. The van der Waals surface area contributed by atoms with Crippen molar-refractivity contribution in [2.45, 2.75) is 38.8 Å². The number of carboxylic acids is 1. The lowest BCUT2D eigenvalue weighted by molar-refractivity contribution is -0.137. The Morgan fingerprint density at radius 1 is 1.33 bits per heavy atom. The molecule has 72 valence electrons. The highest BCUT2D eigenvalue weighted by molar-refractivity contribution is 5.67. The number of rotatable bonds is 5. The average Bonchev–Trinajstić information content (AvgIpc) is 1.84. The molecule has 0 aliphatic rings. The van der Waals surface area contributed by atoms with Gasteiger partial charge in [-0.15, -0.1) is 0 Å². The highest BCUT2D eigenvalue weighted by Gasteiger charge is 2.17. The molecule has 2 atom stereocenters. The zero-order valence-electron chi connectivity index (χ0n) is 7.66. The molecule has 0 saturated heterocycles. The van der Waals surface area contributed by atoms with Crippen LogP contribution in [0.3, 0.4) is 0 Å². The Morgan fingerprint density at radius 3 is 2.17 bits per heavy atom. The van der Waals surface area contributed by atoms with E-state index in [0.717, 1.165) is 6.42 Å². The van der Waals surface area contributed by atoms with E-state index in [1.807, 2.05) is 13.8 Å². The van der Waals surface area contributed by atoms with Crippen molar-refractivity contribution in [3.8, 4) is 0 Å². The average molecular weight is 174 g/mol. The highest BCUT2D eigenvalue weighted by atomic mass is 16.4. The molecule has 0 aliphatic heterocycles. The van der Waals surface area contributed by atoms with E-state index in [2.05, 4.69) is 0 Å². The molecule has 0 aliphatic carbocycles. The highest BCUT2D eigenvalue weighted by Crippen LogP contribution is 2.06. The Kier molecular flexibility index (Phi) is 4.85. The molecule has 5 N–H and O–H groups in total. The van der Waals surface area contributed by atoms with Gasteiger partial charge in [0.15, 0.2) is 0 Å². The van der Waals surface area contributed by atoms with E-state index < -0.39 is 12.0 Å². The molecular weight excluding hydrogens is 156 g/mol. The minimum atomic E-state index is -0.887. The van der Waals surface area contributed by atoms with Gasteiger partial charge in [-0.1, -0.05) is 13.8 Å². The SMILES string of the molecule is CC(C)C[C@H](N)[C@H](N)CC(=O)O. The zero-order chi connectivity index (χ0) is 9.72. The first kappa shape index (κ1) is 11.4. The summed E-state index contributed by atoms with van der Waals surface area (Å²) in [5.41, 5.74) is 11.2. The van der Waals surface area contributed by atoms with Crippen molar-refractivity contribution in [3.63, 3.8) is 0 Å². The van der Waals surface area contributed by atoms with Gasteiger partial charge in [0.2, 0.25) is 0 Å². The van der Waals surface area contributed by atoms with Crippen LogP contribution in [0.15, 0.2) is 0 Å². The van der Waals surface area contributed by atoms with Crippen LogP contribution in [0.4, 0.5) is 0 Å². The Bertz CT molecular complexity index is 148. The third-order valence-electron chi connectivity index (χ3n) is 1.70. The summed E-state index contributed by atoms with van der Waals surface area (Å²) in [4.78, 5) is 10.3. The van der Waals surface area contributed by atoms with E-state index in [1.54, 1.807) is 0 Å². The van der Waals surface area contributed by atoms with Crippen molar-refractivity contribution in [2.24, 2.45) is 17.4 Å². The molecule has 0 rings (SSSR count). The number of carbonyl (C=O) groups is 1. The third-order valence-corrected chi connectivity index (χ3v) is 1.70. The van der Waals surface area contributed by atoms with Crippen LogP contribution in [0.5, 0.6) is 0 Å². The van der Waals surface area contributed by atoms with Crippen LogP contribution in [0.25, 0.3) is 0 Å². The van der Waals surface area contributed by atoms with Crippen molar-refractivity contribution in [1.29, 1.82) is 0 Å². The van der Waals surface area contributed by atoms with Crippen LogP contribution in [-0.2, 0) is 4.79 Å². The maximum Gasteiger partial charge on any atom is 0.304 e. The van der Waals surface area contributed by atoms with Gasteiger partial charge in [-0.2, -0.15) is 0 Å². The maximum atomic E-state index is 10.3. The zero-order valence-corrected chi connectivity index (χ0v) is 7.66. The van der Waals surface area contributed by atoms with E-state index in [1.165, 1.54) is 0 Å². The summed E-state index contributed by atoms with van der Waals surface area (Å²) in [6.45, 7) is 4.07. The van der Waals surface area contributed by atoms with Crippen LogP contribution in [-0.4, -0.2) is 23.2 Å². The summed E-state index contributed by atoms with van der Waals surface area (Å²) in [6.07, 6.45) is 0.725. The fourth-order valence-electron chi connectivity index (χ4n) is 1.07. The number of hydrogen-bond donors (Lipinski definition) is 3. The topological polar surface area (TPSA) is 89.3 Å². The van der Waals surface area contributed by atoms with Gasteiger partial charge in [0.05, 0.1) is 6.42 Å². The van der Waals surface area contributed by atoms with Crippen LogP contribution in [0, 0.1) is 5.92 Å². The van der Waals surface area contributed by atoms with Gasteiger partial charge in [0, 0.05) is 12.1 Å². The van der Waals surface area contributed by atoms with E-state index >= 15 is 0 Å². The van der Waals surface area contributed by atoms with Crippen molar-refractivity contribution in [3.05, 3.63) is 0 Å². The number of carboxylic acid groups (broad SMARTS) is 1. The molecular formula is C8H18N2O2. The first-order valence-electron chi connectivity index (χ1n) is 4.16. The van der Waals surface area contributed by atoms with Crippen LogP contribution >= 0.6 is 0 Å². The third kappa shape index (κ3) is 5.09. The minimum Gasteiger partial charge on any atom is -0.481 e. The molecule has 0 saturated carbocycles. The maximum absolute atomic E-state index is 10.3. The first-order chi connectivity index (χ1) is 5.43. The fraction of sp³-hybridized carbons (Fsp3) is 0.875. The Morgan fingerprint density at radius 2 is 1.83 bits per heavy atom. The molecule has 12 heavy (non-hydrogen) atoms. The van der Waals surface area contributed by atoms with Gasteiger partial charge in [-0.3, -0.25) is 4.79 Å². The standard InChI is InChI=1S/C8H18N2O2/c1-5(2)3-6(9)7(10)4-8(11)12/h5-7H,3-4,9-10H2,1-2H3,(H,11,12)/t6-,7+/m0/s1. The molecule has 0 aromatic carbocycles. The number of hydrogen-bond acceptors (Lipinski definition) is 3. The van der Waals surface area contributed by atoms with Gasteiger partial charge >= 0.3 is 5.97 Å². The molecule has 0 aromatic rings. The fourth-order valence-corrected chi connectivity index (χ4v) is 1.07. The molecule has 0 fully saturated rings. The summed E-state index contributed by atoms with van der Waals surface area (Å²) in [7, 11) is 0. The molecule has 0 aromatic heterocycles. The predicted molar refractivity (Wildman–Crippen MR) is 47.7 cm³/mol. The smallest absolute Gasteiger partial charge is 0.304 e. The van der Waals surface area contributed by atoms with Gasteiger partial charge in [0.25, 0.3) is 0 Å². The summed E-state index contributed by atoms with van der Waals surface area (Å²) < 4.78 is 0. The molecule has 0 unspecified atom stereocenters. The molecule has 0 bridgehead atoms. The van der Waals surface area contributed by atoms with Crippen molar-refractivity contribution < 1.29 is 9.90 Å². The lowest BCUT2D eigenvalue weighted by Gasteiger charge is -2.19. The second kappa shape index (κ2) is 5.11. The van der Waals surface area contributed by atoms with E-state index in [0.29, 0.717) is 5.92 Å². The monoisotopic (exact) mass is 174 g/mol. The summed E-state index contributed by atoms with van der Waals surface area (Å²) >= 11 is 0. The normalized spacial score (nSPS) is 16.1. The lowest BCUT2D eigenvalue weighted by Crippen LogP contribution is -2.43. The van der Waals surface area contributed by atoms with Gasteiger partial charge in [-0.05, 0) is 12.3 Å².